The van der Waals surface area contributed by atoms with Gasteiger partial charge >= 0.3 is 0 Å². The average Bonchev–Trinajstić information content (AvgIpc) is 2.55. The van der Waals surface area contributed by atoms with Crippen molar-refractivity contribution in [3.8, 4) is 6.07 Å². The third kappa shape index (κ3) is 3.91. The van der Waals surface area contributed by atoms with Crippen LogP contribution in [0.5, 0.6) is 0 Å². The van der Waals surface area contributed by atoms with Crippen LogP contribution >= 0.6 is 0 Å². The third-order valence-electron chi connectivity index (χ3n) is 3.13. The van der Waals surface area contributed by atoms with Gasteiger partial charge in [-0.25, -0.2) is 0 Å². The number of benzene rings is 2. The van der Waals surface area contributed by atoms with E-state index < -0.39 is 6.10 Å². The Labute approximate surface area is 124 Å². The molecular formula is C17H16N2O2. The molecule has 2 aromatic rings. The molecule has 106 valence electrons. The molecule has 0 aromatic heterocycles. The minimum absolute atomic E-state index is 0.187. The fourth-order valence-electron chi connectivity index (χ4n) is 2.00. The number of amides is 1. The van der Waals surface area contributed by atoms with Crippen LogP contribution in [0.15, 0.2) is 54.6 Å². The number of nitrogens with one attached hydrogen (secondary N) is 1. The largest absolute Gasteiger partial charge is 0.367 e. The van der Waals surface area contributed by atoms with Crippen LogP contribution in [-0.4, -0.2) is 13.0 Å². The molecule has 0 saturated heterocycles. The van der Waals surface area contributed by atoms with E-state index in [-0.39, 0.29) is 5.91 Å². The van der Waals surface area contributed by atoms with Gasteiger partial charge in [0, 0.05) is 13.7 Å². The van der Waals surface area contributed by atoms with E-state index in [2.05, 4.69) is 11.4 Å². The molecule has 0 spiro atoms. The molecule has 1 atom stereocenters. The number of methoxy groups -OCH3 is 1. The number of nitrogens with zero attached hydrogens (tertiary/aromatic N) is 1. The van der Waals surface area contributed by atoms with Crippen LogP contribution in [0.2, 0.25) is 0 Å². The zero-order valence-corrected chi connectivity index (χ0v) is 11.7. The van der Waals surface area contributed by atoms with E-state index in [9.17, 15) is 4.79 Å². The van der Waals surface area contributed by atoms with E-state index in [1.807, 2.05) is 42.5 Å². The van der Waals surface area contributed by atoms with Gasteiger partial charge in [-0.3, -0.25) is 4.79 Å². The Balaban J connectivity index is 1.98. The number of carbonyl (C=O) groups excluding carboxylic acids is 1. The van der Waals surface area contributed by atoms with E-state index in [0.717, 1.165) is 11.1 Å². The van der Waals surface area contributed by atoms with Crippen molar-refractivity contribution < 1.29 is 9.53 Å². The first-order valence-corrected chi connectivity index (χ1v) is 6.59. The Morgan fingerprint density at radius 1 is 1.19 bits per heavy atom. The van der Waals surface area contributed by atoms with Crippen LogP contribution < -0.4 is 5.32 Å². The van der Waals surface area contributed by atoms with Crippen LogP contribution in [-0.2, 0) is 16.1 Å². The van der Waals surface area contributed by atoms with Gasteiger partial charge in [-0.05, 0) is 23.3 Å². The van der Waals surface area contributed by atoms with E-state index in [1.54, 1.807) is 12.1 Å². The highest BCUT2D eigenvalue weighted by atomic mass is 16.5. The number of hydrogen-bond donors (Lipinski definition) is 1. The maximum Gasteiger partial charge on any atom is 0.254 e. The molecule has 1 amide bonds. The van der Waals surface area contributed by atoms with Crippen molar-refractivity contribution in [1.29, 1.82) is 5.26 Å². The molecule has 0 saturated carbocycles. The lowest BCUT2D eigenvalue weighted by Crippen LogP contribution is -2.29. The molecule has 0 bridgehead atoms. The molecule has 4 heteroatoms. The Hall–Kier alpha value is -2.64. The number of ether oxygens (including phenoxy) is 1. The first-order valence-electron chi connectivity index (χ1n) is 6.59. The predicted molar refractivity (Wildman–Crippen MR) is 79.2 cm³/mol. The van der Waals surface area contributed by atoms with Crippen LogP contribution in [0.3, 0.4) is 0 Å². The second-order valence-corrected chi connectivity index (χ2v) is 4.55. The zero-order valence-electron chi connectivity index (χ0n) is 11.7. The van der Waals surface area contributed by atoms with E-state index in [4.69, 9.17) is 10.00 Å². The molecule has 2 rings (SSSR count). The first-order chi connectivity index (χ1) is 10.2. The van der Waals surface area contributed by atoms with Gasteiger partial charge in [-0.1, -0.05) is 42.5 Å². The monoisotopic (exact) mass is 280 g/mol. The summed E-state index contributed by atoms with van der Waals surface area (Å²) in [5, 5.41) is 11.6. The SMILES string of the molecule is COC(C(=O)NCc1ccc(C#N)cc1)c1ccccc1. The van der Waals surface area contributed by atoms with Crippen molar-refractivity contribution in [2.24, 2.45) is 0 Å². The second-order valence-electron chi connectivity index (χ2n) is 4.55. The normalized spacial score (nSPS) is 11.4. The van der Waals surface area contributed by atoms with Gasteiger partial charge in [0.15, 0.2) is 6.10 Å². The van der Waals surface area contributed by atoms with Crippen molar-refractivity contribution in [2.45, 2.75) is 12.6 Å². The summed E-state index contributed by atoms with van der Waals surface area (Å²) < 4.78 is 5.27. The Morgan fingerprint density at radius 3 is 2.43 bits per heavy atom. The van der Waals surface area contributed by atoms with Crippen molar-refractivity contribution in [3.63, 3.8) is 0 Å². The molecule has 4 nitrogen and oxygen atoms in total. The number of rotatable bonds is 5. The molecule has 1 N–H and O–H groups in total. The van der Waals surface area contributed by atoms with Crippen LogP contribution in [0.25, 0.3) is 0 Å². The first kappa shape index (κ1) is 14.8. The highest BCUT2D eigenvalue weighted by Crippen LogP contribution is 2.16. The summed E-state index contributed by atoms with van der Waals surface area (Å²) in [6.45, 7) is 0.400. The predicted octanol–water partition coefficient (Wildman–Crippen LogP) is 2.56. The number of nitriles is 1. The lowest BCUT2D eigenvalue weighted by atomic mass is 10.1. The summed E-state index contributed by atoms with van der Waals surface area (Å²) in [6.07, 6.45) is -0.621. The standard InChI is InChI=1S/C17H16N2O2/c1-21-16(15-5-3-2-4-6-15)17(20)19-12-14-9-7-13(11-18)8-10-14/h2-10,16H,12H2,1H3,(H,19,20). The maximum absolute atomic E-state index is 12.2. The van der Waals surface area contributed by atoms with Crippen molar-refractivity contribution in [1.82, 2.24) is 5.32 Å². The number of carbonyl (C=O) groups is 1. The third-order valence-corrected chi connectivity index (χ3v) is 3.13. The quantitative estimate of drug-likeness (QED) is 0.915. The van der Waals surface area contributed by atoms with Gasteiger partial charge in [-0.15, -0.1) is 0 Å². The average molecular weight is 280 g/mol. The highest BCUT2D eigenvalue weighted by molar-refractivity contribution is 5.82. The molecule has 0 radical (unpaired) electrons. The summed E-state index contributed by atoms with van der Waals surface area (Å²) in [7, 11) is 1.51. The minimum atomic E-state index is -0.621. The van der Waals surface area contributed by atoms with Crippen molar-refractivity contribution in [2.75, 3.05) is 7.11 Å². The Morgan fingerprint density at radius 2 is 1.86 bits per heavy atom. The lowest BCUT2D eigenvalue weighted by Gasteiger charge is -2.15. The topological polar surface area (TPSA) is 62.1 Å². The summed E-state index contributed by atoms with van der Waals surface area (Å²) in [5.41, 5.74) is 2.35. The molecule has 1 unspecified atom stereocenters. The summed E-state index contributed by atoms with van der Waals surface area (Å²) >= 11 is 0. The van der Waals surface area contributed by atoms with Gasteiger partial charge < -0.3 is 10.1 Å². The minimum Gasteiger partial charge on any atom is -0.367 e. The molecular weight excluding hydrogens is 264 g/mol. The van der Waals surface area contributed by atoms with Crippen molar-refractivity contribution in [3.05, 3.63) is 71.3 Å². The molecule has 0 aliphatic rings. The van der Waals surface area contributed by atoms with Gasteiger partial charge in [0.05, 0.1) is 11.6 Å². The Kier molecular flexibility index (Phi) is 5.08. The summed E-state index contributed by atoms with van der Waals surface area (Å²) in [5.74, 6) is -0.187. The van der Waals surface area contributed by atoms with E-state index in [1.165, 1.54) is 7.11 Å². The van der Waals surface area contributed by atoms with Crippen molar-refractivity contribution >= 4 is 5.91 Å². The fraction of sp³-hybridized carbons (Fsp3) is 0.176. The van der Waals surface area contributed by atoms with Crippen LogP contribution in [0.1, 0.15) is 22.8 Å². The zero-order chi connectivity index (χ0) is 15.1. The van der Waals surface area contributed by atoms with Gasteiger partial charge in [0.1, 0.15) is 0 Å². The molecule has 2 aromatic carbocycles. The van der Waals surface area contributed by atoms with Crippen LogP contribution in [0.4, 0.5) is 0 Å². The molecule has 0 aliphatic carbocycles. The molecule has 21 heavy (non-hydrogen) atoms. The van der Waals surface area contributed by atoms with E-state index >= 15 is 0 Å². The van der Waals surface area contributed by atoms with Gasteiger partial charge in [0.2, 0.25) is 0 Å². The molecule has 0 aliphatic heterocycles. The highest BCUT2D eigenvalue weighted by Gasteiger charge is 2.19. The fourth-order valence-corrected chi connectivity index (χ4v) is 2.00. The van der Waals surface area contributed by atoms with E-state index in [0.29, 0.717) is 12.1 Å². The lowest BCUT2D eigenvalue weighted by molar-refractivity contribution is -0.131. The van der Waals surface area contributed by atoms with Crippen LogP contribution in [0, 0.1) is 11.3 Å². The van der Waals surface area contributed by atoms with Gasteiger partial charge in [0.25, 0.3) is 5.91 Å². The number of hydrogen-bond acceptors (Lipinski definition) is 3. The summed E-state index contributed by atoms with van der Waals surface area (Å²) in [4.78, 5) is 12.2. The smallest absolute Gasteiger partial charge is 0.254 e. The molecule has 0 fully saturated rings. The molecule has 0 heterocycles. The second kappa shape index (κ2) is 7.22. The maximum atomic E-state index is 12.2. The Bertz CT molecular complexity index is 630. The van der Waals surface area contributed by atoms with Gasteiger partial charge in [-0.2, -0.15) is 5.26 Å². The summed E-state index contributed by atoms with van der Waals surface area (Å²) in [6, 6.07) is 18.5.